The van der Waals surface area contributed by atoms with Crippen LogP contribution < -0.4 is 5.43 Å². The SMILES string of the molecule is O=C1C/C(=N/Nc2ccc([N+](=O)[O-])cc2)c2ccccc21. The Morgan fingerprint density at radius 1 is 1.05 bits per heavy atom. The van der Waals surface area contributed by atoms with Crippen LogP contribution in [0.5, 0.6) is 0 Å². The van der Waals surface area contributed by atoms with Gasteiger partial charge < -0.3 is 0 Å². The second-order valence-electron chi connectivity index (χ2n) is 4.62. The number of hydrazone groups is 1. The Balaban J connectivity index is 1.81. The van der Waals surface area contributed by atoms with E-state index >= 15 is 0 Å². The monoisotopic (exact) mass is 281 g/mol. The molecule has 0 amide bonds. The Labute approximate surface area is 120 Å². The summed E-state index contributed by atoms with van der Waals surface area (Å²) in [6.45, 7) is 0. The van der Waals surface area contributed by atoms with E-state index in [0.717, 1.165) is 5.56 Å². The number of Topliss-reactive ketones (excluding diaryl/α,β-unsaturated/α-hetero) is 1. The molecule has 1 N–H and O–H groups in total. The number of nitrogens with one attached hydrogen (secondary N) is 1. The highest BCUT2D eigenvalue weighted by Gasteiger charge is 2.24. The quantitative estimate of drug-likeness (QED) is 0.692. The minimum Gasteiger partial charge on any atom is -0.294 e. The first-order valence-corrected chi connectivity index (χ1v) is 6.35. The molecule has 1 aliphatic carbocycles. The Kier molecular flexibility index (Phi) is 3.19. The van der Waals surface area contributed by atoms with E-state index in [1.54, 1.807) is 18.2 Å². The number of nitro groups is 1. The van der Waals surface area contributed by atoms with E-state index in [1.165, 1.54) is 12.1 Å². The van der Waals surface area contributed by atoms with Gasteiger partial charge in [-0.25, -0.2) is 0 Å². The molecule has 6 nitrogen and oxygen atoms in total. The predicted molar refractivity (Wildman–Crippen MR) is 78.6 cm³/mol. The fourth-order valence-corrected chi connectivity index (χ4v) is 2.21. The van der Waals surface area contributed by atoms with Gasteiger partial charge in [-0.05, 0) is 12.1 Å². The van der Waals surface area contributed by atoms with Crippen LogP contribution in [0.1, 0.15) is 22.3 Å². The molecule has 6 heteroatoms. The van der Waals surface area contributed by atoms with Gasteiger partial charge in [0.05, 0.1) is 22.7 Å². The van der Waals surface area contributed by atoms with Gasteiger partial charge in [-0.1, -0.05) is 24.3 Å². The second kappa shape index (κ2) is 5.16. The minimum absolute atomic E-state index is 0.0228. The number of anilines is 1. The summed E-state index contributed by atoms with van der Waals surface area (Å²) in [4.78, 5) is 21.9. The number of benzene rings is 2. The molecule has 0 saturated carbocycles. The molecular weight excluding hydrogens is 270 g/mol. The fourth-order valence-electron chi connectivity index (χ4n) is 2.21. The molecule has 0 fully saturated rings. The fraction of sp³-hybridized carbons (Fsp3) is 0.0667. The van der Waals surface area contributed by atoms with Crippen LogP contribution in [0, 0.1) is 10.1 Å². The smallest absolute Gasteiger partial charge is 0.269 e. The number of non-ortho nitro benzene ring substituents is 1. The summed E-state index contributed by atoms with van der Waals surface area (Å²) in [5.41, 5.74) is 5.67. The van der Waals surface area contributed by atoms with Crippen LogP contribution in [-0.4, -0.2) is 16.4 Å². The summed E-state index contributed by atoms with van der Waals surface area (Å²) < 4.78 is 0. The predicted octanol–water partition coefficient (Wildman–Crippen LogP) is 3.00. The van der Waals surface area contributed by atoms with Gasteiger partial charge in [0.15, 0.2) is 5.78 Å². The number of nitrogens with zero attached hydrogens (tertiary/aromatic N) is 2. The Bertz CT molecular complexity index is 751. The molecule has 2 aromatic carbocycles. The van der Waals surface area contributed by atoms with Gasteiger partial charge in [-0.15, -0.1) is 0 Å². The maximum atomic E-state index is 11.8. The highest BCUT2D eigenvalue weighted by atomic mass is 16.6. The Morgan fingerprint density at radius 2 is 1.71 bits per heavy atom. The maximum Gasteiger partial charge on any atom is 0.269 e. The average Bonchev–Trinajstić information content (AvgIpc) is 2.83. The first-order valence-electron chi connectivity index (χ1n) is 6.35. The molecule has 0 bridgehead atoms. The third kappa shape index (κ3) is 2.51. The molecule has 0 atom stereocenters. The largest absolute Gasteiger partial charge is 0.294 e. The van der Waals surface area contributed by atoms with Crippen molar-refractivity contribution in [3.05, 3.63) is 69.8 Å². The highest BCUT2D eigenvalue weighted by Crippen LogP contribution is 2.23. The van der Waals surface area contributed by atoms with E-state index in [1.807, 2.05) is 18.2 Å². The lowest BCUT2D eigenvalue weighted by atomic mass is 10.1. The van der Waals surface area contributed by atoms with Crippen LogP contribution in [0.15, 0.2) is 53.6 Å². The van der Waals surface area contributed by atoms with Crippen molar-refractivity contribution in [1.82, 2.24) is 0 Å². The van der Waals surface area contributed by atoms with Gasteiger partial charge in [0.2, 0.25) is 0 Å². The summed E-state index contributed by atoms with van der Waals surface area (Å²) in [5, 5.41) is 14.8. The van der Waals surface area contributed by atoms with Crippen molar-refractivity contribution in [2.75, 3.05) is 5.43 Å². The second-order valence-corrected chi connectivity index (χ2v) is 4.62. The highest BCUT2D eigenvalue weighted by molar-refractivity contribution is 6.26. The van der Waals surface area contributed by atoms with Crippen LogP contribution in [0.2, 0.25) is 0 Å². The maximum absolute atomic E-state index is 11.8. The van der Waals surface area contributed by atoms with Crippen molar-refractivity contribution < 1.29 is 9.72 Å². The standard InChI is InChI=1S/C15H11N3O3/c19-15-9-14(12-3-1-2-4-13(12)15)17-16-10-5-7-11(8-6-10)18(20)21/h1-8,16H,9H2/b17-14-. The summed E-state index contributed by atoms with van der Waals surface area (Å²) in [6.07, 6.45) is 0.263. The molecule has 0 aliphatic heterocycles. The third-order valence-electron chi connectivity index (χ3n) is 3.26. The number of fused-ring (bicyclic) bond motifs is 1. The van der Waals surface area contributed by atoms with Crippen molar-refractivity contribution in [2.24, 2.45) is 5.10 Å². The molecule has 0 unspecified atom stereocenters. The molecule has 0 aromatic heterocycles. The normalized spacial score (nSPS) is 15.0. The van der Waals surface area contributed by atoms with E-state index in [-0.39, 0.29) is 17.9 Å². The molecule has 21 heavy (non-hydrogen) atoms. The lowest BCUT2D eigenvalue weighted by molar-refractivity contribution is -0.384. The van der Waals surface area contributed by atoms with E-state index < -0.39 is 4.92 Å². The zero-order valence-corrected chi connectivity index (χ0v) is 10.9. The zero-order chi connectivity index (χ0) is 14.8. The summed E-state index contributed by atoms with van der Waals surface area (Å²) in [7, 11) is 0. The number of carbonyl (C=O) groups is 1. The average molecular weight is 281 g/mol. The Morgan fingerprint density at radius 3 is 2.38 bits per heavy atom. The number of rotatable bonds is 3. The zero-order valence-electron chi connectivity index (χ0n) is 10.9. The van der Waals surface area contributed by atoms with Gasteiger partial charge in [-0.2, -0.15) is 5.10 Å². The van der Waals surface area contributed by atoms with Crippen LogP contribution in [-0.2, 0) is 0 Å². The first-order chi connectivity index (χ1) is 10.1. The summed E-state index contributed by atoms with van der Waals surface area (Å²) in [5.74, 6) is 0.0508. The van der Waals surface area contributed by atoms with Crippen molar-refractivity contribution in [3.8, 4) is 0 Å². The van der Waals surface area contributed by atoms with Gasteiger partial charge in [0.1, 0.15) is 0 Å². The number of carbonyl (C=O) groups excluding carboxylic acids is 1. The van der Waals surface area contributed by atoms with Crippen LogP contribution in [0.25, 0.3) is 0 Å². The van der Waals surface area contributed by atoms with E-state index in [9.17, 15) is 14.9 Å². The summed E-state index contributed by atoms with van der Waals surface area (Å²) in [6, 6.07) is 13.3. The molecule has 0 heterocycles. The van der Waals surface area contributed by atoms with Crippen molar-refractivity contribution in [1.29, 1.82) is 0 Å². The Hall–Kier alpha value is -3.02. The minimum atomic E-state index is -0.457. The summed E-state index contributed by atoms with van der Waals surface area (Å²) >= 11 is 0. The van der Waals surface area contributed by atoms with E-state index in [4.69, 9.17) is 0 Å². The van der Waals surface area contributed by atoms with Crippen molar-refractivity contribution in [2.45, 2.75) is 6.42 Å². The van der Waals surface area contributed by atoms with Crippen molar-refractivity contribution in [3.63, 3.8) is 0 Å². The van der Waals surface area contributed by atoms with Gasteiger partial charge in [0, 0.05) is 23.3 Å². The number of hydrogen-bond donors (Lipinski definition) is 1. The van der Waals surface area contributed by atoms with E-state index in [0.29, 0.717) is 17.0 Å². The van der Waals surface area contributed by atoms with Crippen LogP contribution in [0.3, 0.4) is 0 Å². The molecule has 0 saturated heterocycles. The molecule has 104 valence electrons. The molecule has 0 radical (unpaired) electrons. The van der Waals surface area contributed by atoms with Gasteiger partial charge in [0.25, 0.3) is 5.69 Å². The molecular formula is C15H11N3O3. The van der Waals surface area contributed by atoms with Crippen LogP contribution in [0.4, 0.5) is 11.4 Å². The molecule has 0 spiro atoms. The van der Waals surface area contributed by atoms with Crippen LogP contribution >= 0.6 is 0 Å². The first kappa shape index (κ1) is 13.0. The van der Waals surface area contributed by atoms with Gasteiger partial charge in [-0.3, -0.25) is 20.3 Å². The molecule has 1 aliphatic rings. The number of ketones is 1. The molecule has 2 aromatic rings. The molecule has 3 rings (SSSR count). The lowest BCUT2D eigenvalue weighted by Gasteiger charge is -2.02. The topological polar surface area (TPSA) is 84.6 Å². The van der Waals surface area contributed by atoms with Gasteiger partial charge >= 0.3 is 0 Å². The third-order valence-corrected chi connectivity index (χ3v) is 3.26. The van der Waals surface area contributed by atoms with E-state index in [2.05, 4.69) is 10.5 Å². The lowest BCUT2D eigenvalue weighted by Crippen LogP contribution is -2.00. The number of nitro benzene ring substituents is 1. The van der Waals surface area contributed by atoms with Crippen molar-refractivity contribution >= 4 is 22.9 Å². The number of hydrogen-bond acceptors (Lipinski definition) is 5.